The van der Waals surface area contributed by atoms with Crippen molar-refractivity contribution in [3.05, 3.63) is 65.2 Å². The fraction of sp³-hybridized carbons (Fsp3) is 0.167. The highest BCUT2D eigenvalue weighted by Gasteiger charge is 2.03. The zero-order valence-electron chi connectivity index (χ0n) is 13.2. The predicted octanol–water partition coefficient (Wildman–Crippen LogP) is 2.48. The van der Waals surface area contributed by atoms with E-state index < -0.39 is 5.97 Å². The van der Waals surface area contributed by atoms with Crippen molar-refractivity contribution in [2.75, 3.05) is 6.61 Å². The number of carbonyl (C=O) groups is 2. The molecule has 0 bridgehead atoms. The summed E-state index contributed by atoms with van der Waals surface area (Å²) in [5.41, 5.74) is 4.36. The van der Waals surface area contributed by atoms with Crippen molar-refractivity contribution < 1.29 is 19.4 Å². The molecule has 124 valence electrons. The van der Waals surface area contributed by atoms with Crippen LogP contribution in [0, 0.1) is 0 Å². The highest BCUT2D eigenvalue weighted by Crippen LogP contribution is 2.13. The van der Waals surface area contributed by atoms with Crippen molar-refractivity contribution in [3.8, 4) is 5.75 Å². The smallest absolute Gasteiger partial charge is 0.335 e. The van der Waals surface area contributed by atoms with Crippen molar-refractivity contribution in [1.29, 1.82) is 0 Å². The average molecular weight is 326 g/mol. The van der Waals surface area contributed by atoms with E-state index >= 15 is 0 Å². The fourth-order valence-corrected chi connectivity index (χ4v) is 1.93. The van der Waals surface area contributed by atoms with Gasteiger partial charge in [-0.15, -0.1) is 0 Å². The van der Waals surface area contributed by atoms with Crippen LogP contribution in [0.25, 0.3) is 0 Å². The van der Waals surface area contributed by atoms with E-state index in [-0.39, 0.29) is 18.1 Å². The summed E-state index contributed by atoms with van der Waals surface area (Å²) < 4.78 is 5.40. The summed E-state index contributed by atoms with van der Waals surface area (Å²) in [5.74, 6) is -0.732. The number of carboxylic acid groups (broad SMARTS) is 1. The van der Waals surface area contributed by atoms with Crippen LogP contribution in [0.3, 0.4) is 0 Å². The van der Waals surface area contributed by atoms with E-state index in [1.165, 1.54) is 18.3 Å². The molecule has 2 aromatic rings. The number of benzene rings is 2. The summed E-state index contributed by atoms with van der Waals surface area (Å²) in [7, 11) is 0. The lowest BCUT2D eigenvalue weighted by Gasteiger charge is -2.06. The molecule has 0 radical (unpaired) electrons. The number of ether oxygens (including phenoxy) is 1. The summed E-state index contributed by atoms with van der Waals surface area (Å²) in [4.78, 5) is 22.4. The van der Waals surface area contributed by atoms with E-state index in [0.29, 0.717) is 11.3 Å². The first kappa shape index (κ1) is 17.2. The maximum atomic E-state index is 11.7. The second-order valence-corrected chi connectivity index (χ2v) is 5.01. The van der Waals surface area contributed by atoms with Crippen LogP contribution in [0.2, 0.25) is 0 Å². The van der Waals surface area contributed by atoms with Crippen molar-refractivity contribution in [2.45, 2.75) is 13.3 Å². The quantitative estimate of drug-likeness (QED) is 0.604. The molecule has 0 spiro atoms. The van der Waals surface area contributed by atoms with Crippen LogP contribution in [0.5, 0.6) is 5.75 Å². The molecule has 0 fully saturated rings. The molecule has 0 aromatic heterocycles. The Kier molecular flexibility index (Phi) is 6.08. The number of hydrogen-bond donors (Lipinski definition) is 2. The van der Waals surface area contributed by atoms with Crippen LogP contribution in [0.4, 0.5) is 0 Å². The molecule has 24 heavy (non-hydrogen) atoms. The third-order valence-electron chi connectivity index (χ3n) is 3.24. The Morgan fingerprint density at radius 3 is 2.62 bits per heavy atom. The molecule has 2 aromatic carbocycles. The molecule has 0 atom stereocenters. The van der Waals surface area contributed by atoms with Gasteiger partial charge in [-0.2, -0.15) is 5.10 Å². The van der Waals surface area contributed by atoms with Gasteiger partial charge in [0.2, 0.25) is 0 Å². The molecular weight excluding hydrogens is 308 g/mol. The Hall–Kier alpha value is -3.15. The van der Waals surface area contributed by atoms with Crippen molar-refractivity contribution in [3.63, 3.8) is 0 Å². The van der Waals surface area contributed by atoms with Gasteiger partial charge in [0.1, 0.15) is 5.75 Å². The Morgan fingerprint density at radius 1 is 1.21 bits per heavy atom. The van der Waals surface area contributed by atoms with Gasteiger partial charge >= 0.3 is 5.97 Å². The average Bonchev–Trinajstić information content (AvgIpc) is 2.60. The molecule has 0 aliphatic carbocycles. The van der Waals surface area contributed by atoms with Gasteiger partial charge in [-0.1, -0.05) is 31.2 Å². The van der Waals surface area contributed by atoms with Crippen molar-refractivity contribution in [1.82, 2.24) is 5.43 Å². The molecule has 0 saturated heterocycles. The second kappa shape index (κ2) is 8.47. The van der Waals surface area contributed by atoms with Gasteiger partial charge in [0.15, 0.2) is 6.61 Å². The largest absolute Gasteiger partial charge is 0.484 e. The van der Waals surface area contributed by atoms with Crippen LogP contribution in [-0.2, 0) is 11.2 Å². The summed E-state index contributed by atoms with van der Waals surface area (Å²) in [6, 6.07) is 13.7. The number of carboxylic acids is 1. The highest BCUT2D eigenvalue weighted by molar-refractivity contribution is 5.89. The summed E-state index contributed by atoms with van der Waals surface area (Å²) in [5, 5.41) is 12.6. The minimum absolute atomic E-state index is 0.136. The monoisotopic (exact) mass is 326 g/mol. The number of rotatable bonds is 7. The molecule has 0 unspecified atom stereocenters. The first-order valence-electron chi connectivity index (χ1n) is 7.45. The van der Waals surface area contributed by atoms with Crippen LogP contribution in [0.15, 0.2) is 53.6 Å². The number of nitrogens with zero attached hydrogens (tertiary/aromatic N) is 1. The van der Waals surface area contributed by atoms with Crippen molar-refractivity contribution in [2.24, 2.45) is 5.10 Å². The molecule has 6 nitrogen and oxygen atoms in total. The Bertz CT molecular complexity index is 739. The molecule has 0 aliphatic heterocycles. The summed E-state index contributed by atoms with van der Waals surface area (Å²) in [6.45, 7) is 1.91. The molecule has 0 saturated carbocycles. The number of hydrogen-bond acceptors (Lipinski definition) is 4. The first-order valence-corrected chi connectivity index (χ1v) is 7.45. The van der Waals surface area contributed by atoms with Gasteiger partial charge in [0.25, 0.3) is 5.91 Å². The van der Waals surface area contributed by atoms with E-state index in [2.05, 4.69) is 10.5 Å². The normalized spacial score (nSPS) is 10.5. The van der Waals surface area contributed by atoms with E-state index in [0.717, 1.165) is 12.0 Å². The Morgan fingerprint density at radius 2 is 1.96 bits per heavy atom. The van der Waals surface area contributed by atoms with Crippen LogP contribution in [0.1, 0.15) is 28.4 Å². The highest BCUT2D eigenvalue weighted by atomic mass is 16.5. The van der Waals surface area contributed by atoms with Gasteiger partial charge in [-0.3, -0.25) is 4.79 Å². The first-order chi connectivity index (χ1) is 11.6. The second-order valence-electron chi connectivity index (χ2n) is 5.01. The van der Waals surface area contributed by atoms with Crippen LogP contribution >= 0.6 is 0 Å². The van der Waals surface area contributed by atoms with Gasteiger partial charge in [0, 0.05) is 0 Å². The van der Waals surface area contributed by atoms with E-state index in [1.807, 2.05) is 25.1 Å². The van der Waals surface area contributed by atoms with Crippen molar-refractivity contribution >= 4 is 18.1 Å². The van der Waals surface area contributed by atoms with E-state index in [4.69, 9.17) is 9.84 Å². The molecule has 0 aliphatic rings. The SMILES string of the molecule is CCc1cccc(OCC(=O)N/N=C/c2ccc(C(=O)O)cc2)c1. The topological polar surface area (TPSA) is 88.0 Å². The van der Waals surface area contributed by atoms with E-state index in [9.17, 15) is 9.59 Å². The van der Waals surface area contributed by atoms with Crippen LogP contribution in [-0.4, -0.2) is 29.8 Å². The molecule has 1 amide bonds. The number of hydrazone groups is 1. The molecule has 2 rings (SSSR count). The number of nitrogens with one attached hydrogen (secondary N) is 1. The maximum absolute atomic E-state index is 11.7. The maximum Gasteiger partial charge on any atom is 0.335 e. The van der Waals surface area contributed by atoms with Gasteiger partial charge in [-0.25, -0.2) is 10.2 Å². The lowest BCUT2D eigenvalue weighted by atomic mass is 10.1. The van der Waals surface area contributed by atoms with Crippen LogP contribution < -0.4 is 10.2 Å². The molecule has 0 heterocycles. The van der Waals surface area contributed by atoms with Gasteiger partial charge < -0.3 is 9.84 Å². The third-order valence-corrected chi connectivity index (χ3v) is 3.24. The lowest BCUT2D eigenvalue weighted by molar-refractivity contribution is -0.123. The molecule has 6 heteroatoms. The Labute approximate surface area is 139 Å². The number of aromatic carboxylic acids is 1. The molecular formula is C18H18N2O4. The number of amides is 1. The summed E-state index contributed by atoms with van der Waals surface area (Å²) >= 11 is 0. The fourth-order valence-electron chi connectivity index (χ4n) is 1.93. The van der Waals surface area contributed by atoms with E-state index in [1.54, 1.807) is 18.2 Å². The predicted molar refractivity (Wildman–Crippen MR) is 90.5 cm³/mol. The standard InChI is InChI=1S/C18H18N2O4/c1-2-13-4-3-5-16(10-13)24-12-17(21)20-19-11-14-6-8-15(9-7-14)18(22)23/h3-11H,2,12H2,1H3,(H,20,21)(H,22,23)/b19-11+. The number of aryl methyl sites for hydroxylation is 1. The zero-order valence-corrected chi connectivity index (χ0v) is 13.2. The molecule has 2 N–H and O–H groups in total. The minimum atomic E-state index is -0.990. The van der Waals surface area contributed by atoms with Gasteiger partial charge in [-0.05, 0) is 41.8 Å². The Balaban J connectivity index is 1.80. The zero-order chi connectivity index (χ0) is 17.4. The summed E-state index contributed by atoms with van der Waals surface area (Å²) in [6.07, 6.45) is 2.33. The minimum Gasteiger partial charge on any atom is -0.484 e. The third kappa shape index (κ3) is 5.24. The number of carbonyl (C=O) groups excluding carboxylic acids is 1. The lowest BCUT2D eigenvalue weighted by Crippen LogP contribution is -2.24. The van der Waals surface area contributed by atoms with Gasteiger partial charge in [0.05, 0.1) is 11.8 Å².